The van der Waals surface area contributed by atoms with Gasteiger partial charge in [-0.15, -0.1) is 11.8 Å². The van der Waals surface area contributed by atoms with Crippen molar-refractivity contribution in [3.05, 3.63) is 65.4 Å². The highest BCUT2D eigenvalue weighted by Crippen LogP contribution is 2.21. The Morgan fingerprint density at radius 1 is 1.08 bits per heavy atom. The van der Waals surface area contributed by atoms with Crippen molar-refractivity contribution in [3.8, 4) is 0 Å². The highest BCUT2D eigenvalue weighted by atomic mass is 32.2. The highest BCUT2D eigenvalue weighted by Gasteiger charge is 2.14. The predicted octanol–water partition coefficient (Wildman–Crippen LogP) is 4.30. The molecule has 0 unspecified atom stereocenters. The van der Waals surface area contributed by atoms with Crippen LogP contribution in [0.25, 0.3) is 10.9 Å². The van der Waals surface area contributed by atoms with Crippen LogP contribution >= 0.6 is 11.8 Å². The molecule has 0 aliphatic rings. The fraction of sp³-hybridized carbons (Fsp3) is 0.200. The average Bonchev–Trinajstić information content (AvgIpc) is 3.05. The number of aromatic amines is 1. The maximum absolute atomic E-state index is 12.3. The monoisotopic (exact) mass is 353 g/mol. The summed E-state index contributed by atoms with van der Waals surface area (Å²) in [5, 5.41) is 0.841. The van der Waals surface area contributed by atoms with E-state index in [1.165, 1.54) is 22.9 Å². The second-order valence-electron chi connectivity index (χ2n) is 5.87. The Kier molecular flexibility index (Phi) is 5.24. The molecule has 0 atom stereocenters. The van der Waals surface area contributed by atoms with Gasteiger partial charge in [0.15, 0.2) is 6.61 Å². The number of hydrogen-bond acceptors (Lipinski definition) is 4. The maximum atomic E-state index is 12.3. The Balaban J connectivity index is 1.53. The summed E-state index contributed by atoms with van der Waals surface area (Å²) < 4.78 is 5.13. The van der Waals surface area contributed by atoms with E-state index in [9.17, 15) is 9.59 Å². The maximum Gasteiger partial charge on any atom is 0.316 e. The van der Waals surface area contributed by atoms with Crippen LogP contribution in [0.2, 0.25) is 0 Å². The number of carbonyl (C=O) groups excluding carboxylic acids is 2. The van der Waals surface area contributed by atoms with E-state index < -0.39 is 5.97 Å². The molecule has 1 N–H and O–H groups in total. The number of hydrogen-bond donors (Lipinski definition) is 1. The van der Waals surface area contributed by atoms with Gasteiger partial charge in [0, 0.05) is 27.6 Å². The molecule has 25 heavy (non-hydrogen) atoms. The summed E-state index contributed by atoms with van der Waals surface area (Å²) in [5.74, 6) is -0.415. The first-order chi connectivity index (χ1) is 12.0. The van der Waals surface area contributed by atoms with Gasteiger partial charge in [-0.05, 0) is 43.2 Å². The summed E-state index contributed by atoms with van der Waals surface area (Å²) in [6.07, 6.45) is 1.66. The van der Waals surface area contributed by atoms with Gasteiger partial charge in [-0.1, -0.05) is 24.3 Å². The van der Waals surface area contributed by atoms with Crippen LogP contribution in [-0.2, 0) is 9.53 Å². The number of thioether (sulfide) groups is 1. The molecule has 1 heterocycles. The molecule has 5 heteroatoms. The molecule has 3 rings (SSSR count). The van der Waals surface area contributed by atoms with Crippen molar-refractivity contribution in [1.82, 2.24) is 4.98 Å². The number of Topliss-reactive ketones (excluding diaryl/α,β-unsaturated/α-hetero) is 1. The number of carbonyl (C=O) groups is 2. The summed E-state index contributed by atoms with van der Waals surface area (Å²) in [5.41, 5.74) is 3.84. The fourth-order valence-electron chi connectivity index (χ4n) is 2.51. The first-order valence-electron chi connectivity index (χ1n) is 7.99. The molecule has 4 nitrogen and oxygen atoms in total. The van der Waals surface area contributed by atoms with Gasteiger partial charge >= 0.3 is 5.97 Å². The molecule has 0 bridgehead atoms. The minimum atomic E-state index is -0.392. The molecule has 0 radical (unpaired) electrons. The lowest BCUT2D eigenvalue weighted by Gasteiger charge is -2.06. The zero-order valence-corrected chi connectivity index (χ0v) is 15.0. The van der Waals surface area contributed by atoms with Gasteiger partial charge in [-0.3, -0.25) is 9.59 Å². The number of para-hydroxylation sites is 1. The minimum absolute atomic E-state index is 0.184. The second kappa shape index (κ2) is 7.57. The first-order valence-corrected chi connectivity index (χ1v) is 8.98. The van der Waals surface area contributed by atoms with Gasteiger partial charge < -0.3 is 9.72 Å². The number of aromatic nitrogens is 1. The van der Waals surface area contributed by atoms with Gasteiger partial charge in [-0.2, -0.15) is 0 Å². The van der Waals surface area contributed by atoms with Crippen LogP contribution in [0, 0.1) is 13.8 Å². The van der Waals surface area contributed by atoms with Crippen LogP contribution in [0.3, 0.4) is 0 Å². The molecule has 3 aromatic rings. The van der Waals surface area contributed by atoms with E-state index in [0.29, 0.717) is 5.56 Å². The number of H-pyrrole nitrogens is 1. The number of benzene rings is 2. The SMILES string of the molecule is Cc1ccc(SCC(=O)OCC(=O)c2c[nH]c3ccccc23)cc1C. The number of rotatable bonds is 6. The zero-order chi connectivity index (χ0) is 17.8. The number of ketones is 1. The molecular weight excluding hydrogens is 334 g/mol. The normalized spacial score (nSPS) is 10.8. The first kappa shape index (κ1) is 17.3. The van der Waals surface area contributed by atoms with Crippen LogP contribution in [0.15, 0.2) is 53.6 Å². The number of fused-ring (bicyclic) bond motifs is 1. The molecule has 0 fully saturated rings. The van der Waals surface area contributed by atoms with Gasteiger partial charge in [0.05, 0.1) is 5.75 Å². The van der Waals surface area contributed by atoms with Crippen molar-refractivity contribution < 1.29 is 14.3 Å². The van der Waals surface area contributed by atoms with Gasteiger partial charge in [-0.25, -0.2) is 0 Å². The lowest BCUT2D eigenvalue weighted by Crippen LogP contribution is -2.15. The number of nitrogens with one attached hydrogen (secondary N) is 1. The molecule has 0 saturated carbocycles. The van der Waals surface area contributed by atoms with Gasteiger partial charge in [0.2, 0.25) is 5.78 Å². The highest BCUT2D eigenvalue weighted by molar-refractivity contribution is 8.00. The van der Waals surface area contributed by atoms with Crippen LogP contribution in [0.5, 0.6) is 0 Å². The van der Waals surface area contributed by atoms with Crippen molar-refractivity contribution in [2.75, 3.05) is 12.4 Å². The second-order valence-corrected chi connectivity index (χ2v) is 6.92. The molecule has 0 spiro atoms. The molecule has 0 amide bonds. The summed E-state index contributed by atoms with van der Waals surface area (Å²) in [7, 11) is 0. The van der Waals surface area contributed by atoms with E-state index in [1.807, 2.05) is 56.3 Å². The molecule has 0 saturated heterocycles. The third-order valence-electron chi connectivity index (χ3n) is 4.09. The van der Waals surface area contributed by atoms with Crippen molar-refractivity contribution >= 4 is 34.4 Å². The minimum Gasteiger partial charge on any atom is -0.457 e. The molecule has 1 aromatic heterocycles. The van der Waals surface area contributed by atoms with E-state index in [4.69, 9.17) is 4.74 Å². The van der Waals surface area contributed by atoms with E-state index in [-0.39, 0.29) is 18.1 Å². The Morgan fingerprint density at radius 2 is 1.88 bits per heavy atom. The average molecular weight is 353 g/mol. The fourth-order valence-corrected chi connectivity index (χ4v) is 3.31. The van der Waals surface area contributed by atoms with E-state index in [2.05, 4.69) is 4.98 Å². The molecule has 2 aromatic carbocycles. The third kappa shape index (κ3) is 4.12. The molecule has 0 aliphatic heterocycles. The smallest absolute Gasteiger partial charge is 0.316 e. The van der Waals surface area contributed by atoms with Crippen LogP contribution in [-0.4, -0.2) is 29.1 Å². The van der Waals surface area contributed by atoms with Crippen LogP contribution in [0.1, 0.15) is 21.5 Å². The Morgan fingerprint density at radius 3 is 2.68 bits per heavy atom. The Hall–Kier alpha value is -2.53. The predicted molar refractivity (Wildman–Crippen MR) is 100 cm³/mol. The quantitative estimate of drug-likeness (QED) is 0.408. The molecule has 0 aliphatic carbocycles. The topological polar surface area (TPSA) is 59.2 Å². The number of esters is 1. The summed E-state index contributed by atoms with van der Waals surface area (Å²) in [6, 6.07) is 13.6. The lowest BCUT2D eigenvalue weighted by atomic mass is 10.1. The largest absolute Gasteiger partial charge is 0.457 e. The summed E-state index contributed by atoms with van der Waals surface area (Å²) >= 11 is 1.41. The van der Waals surface area contributed by atoms with Crippen molar-refractivity contribution in [3.63, 3.8) is 0 Å². The van der Waals surface area contributed by atoms with E-state index in [1.54, 1.807) is 6.20 Å². The third-order valence-corrected chi connectivity index (χ3v) is 5.06. The Bertz CT molecular complexity index is 930. The van der Waals surface area contributed by atoms with E-state index in [0.717, 1.165) is 15.8 Å². The van der Waals surface area contributed by atoms with Crippen molar-refractivity contribution in [1.29, 1.82) is 0 Å². The standard InChI is InChI=1S/C20H19NO3S/c1-13-7-8-15(9-14(13)2)25-12-20(23)24-11-19(22)17-10-21-18-6-4-3-5-16(17)18/h3-10,21H,11-12H2,1-2H3. The molecule has 128 valence electrons. The summed E-state index contributed by atoms with van der Waals surface area (Å²) in [4.78, 5) is 28.2. The van der Waals surface area contributed by atoms with Crippen LogP contribution in [0.4, 0.5) is 0 Å². The van der Waals surface area contributed by atoms with Crippen LogP contribution < -0.4 is 0 Å². The van der Waals surface area contributed by atoms with Crippen molar-refractivity contribution in [2.24, 2.45) is 0 Å². The summed E-state index contributed by atoms with van der Waals surface area (Å²) in [6.45, 7) is 3.85. The Labute approximate surface area is 150 Å². The molecular formula is C20H19NO3S. The van der Waals surface area contributed by atoms with E-state index >= 15 is 0 Å². The lowest BCUT2D eigenvalue weighted by molar-refractivity contribution is -0.139. The zero-order valence-electron chi connectivity index (χ0n) is 14.2. The van der Waals surface area contributed by atoms with Gasteiger partial charge in [0.25, 0.3) is 0 Å². The number of ether oxygens (including phenoxy) is 1. The van der Waals surface area contributed by atoms with Crippen molar-refractivity contribution in [2.45, 2.75) is 18.7 Å². The van der Waals surface area contributed by atoms with Gasteiger partial charge in [0.1, 0.15) is 0 Å². The number of aryl methyl sites for hydroxylation is 2.